The number of piperazine rings is 1. The second-order valence-corrected chi connectivity index (χ2v) is 12.8. The van der Waals surface area contributed by atoms with Gasteiger partial charge in [-0.3, -0.25) is 24.1 Å². The van der Waals surface area contributed by atoms with E-state index in [1.165, 1.54) is 23.3 Å². The van der Waals surface area contributed by atoms with Crippen molar-refractivity contribution in [2.24, 2.45) is 5.92 Å². The van der Waals surface area contributed by atoms with Crippen molar-refractivity contribution in [3.63, 3.8) is 0 Å². The van der Waals surface area contributed by atoms with Gasteiger partial charge >= 0.3 is 0 Å². The third-order valence-electron chi connectivity index (χ3n) is 9.74. The van der Waals surface area contributed by atoms with E-state index in [9.17, 15) is 19.2 Å². The largest absolute Gasteiger partial charge is 0.464 e. The average molecular weight is 640 g/mol. The number of fused-ring (bicyclic) bond motifs is 1. The molecule has 2 fully saturated rings. The minimum Gasteiger partial charge on any atom is -0.464 e. The van der Waals surface area contributed by atoms with Gasteiger partial charge in [0.1, 0.15) is 36.5 Å². The first kappa shape index (κ1) is 33.6. The van der Waals surface area contributed by atoms with E-state index < -0.39 is 29.7 Å². The Morgan fingerprint density at radius 2 is 1.80 bits per heavy atom. The second kappa shape index (κ2) is 15.2. The zero-order valence-corrected chi connectivity index (χ0v) is 27.1. The van der Waals surface area contributed by atoms with E-state index in [1.807, 2.05) is 7.05 Å². The van der Waals surface area contributed by atoms with Gasteiger partial charge in [-0.05, 0) is 43.5 Å². The average Bonchev–Trinajstić information content (AvgIpc) is 3.59. The molecule has 0 bridgehead atoms. The maximum absolute atomic E-state index is 15.8. The lowest BCUT2D eigenvalue weighted by molar-refractivity contribution is -0.138. The molecule has 1 aliphatic carbocycles. The van der Waals surface area contributed by atoms with Crippen molar-refractivity contribution >= 4 is 35.5 Å². The minimum absolute atomic E-state index is 0.0225. The van der Waals surface area contributed by atoms with Crippen LogP contribution in [0.25, 0.3) is 0 Å². The Labute approximate surface area is 269 Å². The van der Waals surface area contributed by atoms with Gasteiger partial charge in [0, 0.05) is 44.1 Å². The zero-order chi connectivity index (χ0) is 32.8. The van der Waals surface area contributed by atoms with Crippen LogP contribution in [-0.2, 0) is 37.1 Å². The van der Waals surface area contributed by atoms with Gasteiger partial charge in [0.05, 0.1) is 18.0 Å². The molecule has 4 amide bonds. The van der Waals surface area contributed by atoms with Crippen LogP contribution < -0.4 is 15.5 Å². The highest BCUT2D eigenvalue weighted by Crippen LogP contribution is 2.37. The molecule has 0 spiro atoms. The molecular formula is C34H46FN5O6. The molecule has 11 nitrogen and oxygen atoms in total. The lowest BCUT2D eigenvalue weighted by Gasteiger charge is -2.36. The van der Waals surface area contributed by atoms with Crippen molar-refractivity contribution in [1.82, 2.24) is 15.1 Å². The fourth-order valence-corrected chi connectivity index (χ4v) is 6.83. The minimum atomic E-state index is -0.870. The normalized spacial score (nSPS) is 19.4. The Bertz CT molecular complexity index is 1400. The molecule has 2 N–H and O–H groups in total. The molecule has 12 heteroatoms. The van der Waals surface area contributed by atoms with Crippen molar-refractivity contribution in [2.75, 3.05) is 43.4 Å². The van der Waals surface area contributed by atoms with Gasteiger partial charge in [-0.1, -0.05) is 45.6 Å². The van der Waals surface area contributed by atoms with E-state index in [1.54, 1.807) is 24.8 Å². The fraction of sp³-hybridized carbons (Fsp3) is 0.588. The van der Waals surface area contributed by atoms with Gasteiger partial charge in [-0.2, -0.15) is 0 Å². The van der Waals surface area contributed by atoms with Gasteiger partial charge in [0.15, 0.2) is 0 Å². The summed E-state index contributed by atoms with van der Waals surface area (Å²) in [4.78, 5) is 57.9. The highest BCUT2D eigenvalue weighted by atomic mass is 19.1. The van der Waals surface area contributed by atoms with E-state index in [0.29, 0.717) is 43.1 Å². The summed E-state index contributed by atoms with van der Waals surface area (Å²) in [5, 5.41) is 5.62. The van der Waals surface area contributed by atoms with Crippen LogP contribution in [0.2, 0.25) is 0 Å². The van der Waals surface area contributed by atoms with Crippen LogP contribution >= 0.6 is 0 Å². The number of halogens is 1. The quantitative estimate of drug-likeness (QED) is 0.280. The van der Waals surface area contributed by atoms with E-state index in [2.05, 4.69) is 15.5 Å². The number of nitrogens with one attached hydrogen (secondary N) is 2. The number of nitrogens with zero attached hydrogens (tertiary/aromatic N) is 3. The first-order chi connectivity index (χ1) is 22.2. The number of carbonyl (C=O) groups is 4. The monoisotopic (exact) mass is 639 g/mol. The summed E-state index contributed by atoms with van der Waals surface area (Å²) < 4.78 is 26.9. The van der Waals surface area contributed by atoms with Crippen LogP contribution in [0.3, 0.4) is 0 Å². The Hall–Kier alpha value is -3.77. The van der Waals surface area contributed by atoms with Crippen molar-refractivity contribution in [3.05, 3.63) is 47.2 Å². The molecular weight excluding hydrogens is 593 g/mol. The number of hydrogen-bond acceptors (Lipinski definition) is 7. The Balaban J connectivity index is 1.37. The molecule has 1 saturated heterocycles. The molecule has 1 aromatic heterocycles. The Morgan fingerprint density at radius 3 is 2.46 bits per heavy atom. The van der Waals surface area contributed by atoms with E-state index in [-0.39, 0.29) is 36.4 Å². The van der Waals surface area contributed by atoms with Crippen LogP contribution in [-0.4, -0.2) is 79.2 Å². The highest BCUT2D eigenvalue weighted by molar-refractivity contribution is 6.01. The lowest BCUT2D eigenvalue weighted by atomic mass is 9.89. The summed E-state index contributed by atoms with van der Waals surface area (Å²) in [7, 11) is 2.00. The van der Waals surface area contributed by atoms with Crippen LogP contribution in [0.15, 0.2) is 28.9 Å². The Kier molecular flexibility index (Phi) is 11.1. The first-order valence-electron chi connectivity index (χ1n) is 16.5. The van der Waals surface area contributed by atoms with Gasteiger partial charge in [-0.25, -0.2) is 4.39 Å². The molecule has 2 aromatic rings. The molecule has 1 saturated carbocycles. The summed E-state index contributed by atoms with van der Waals surface area (Å²) in [6.45, 7) is 6.67. The summed E-state index contributed by atoms with van der Waals surface area (Å²) in [5.74, 6) is -1.62. The third kappa shape index (κ3) is 7.44. The molecule has 3 heterocycles. The number of hydrogen-bond donors (Lipinski definition) is 2. The summed E-state index contributed by atoms with van der Waals surface area (Å²) in [6, 6.07) is 2.73. The van der Waals surface area contributed by atoms with E-state index in [0.717, 1.165) is 57.2 Å². The van der Waals surface area contributed by atoms with Crippen molar-refractivity contribution in [3.8, 4) is 0 Å². The van der Waals surface area contributed by atoms with E-state index >= 15 is 4.39 Å². The summed E-state index contributed by atoms with van der Waals surface area (Å²) >= 11 is 0. The van der Waals surface area contributed by atoms with Crippen LogP contribution in [0, 0.1) is 11.7 Å². The SMILES string of the molecule is CCC(=O)N[C@@H](C(=O)N1CCN(C)CC1)[C@@H](C)c1ccc(NC(=O)[C@H](C2CCCCCC2)N(C=O)c2coc3c2COC3)c(F)c1. The van der Waals surface area contributed by atoms with Crippen LogP contribution in [0.5, 0.6) is 0 Å². The second-order valence-electron chi connectivity index (χ2n) is 12.8. The maximum atomic E-state index is 15.8. The number of amides is 4. The molecule has 5 rings (SSSR count). The lowest BCUT2D eigenvalue weighted by Crippen LogP contribution is -2.55. The van der Waals surface area contributed by atoms with E-state index in [4.69, 9.17) is 9.15 Å². The first-order valence-corrected chi connectivity index (χ1v) is 16.5. The molecule has 1 aromatic carbocycles. The molecule has 3 aliphatic rings. The molecule has 0 radical (unpaired) electrons. The smallest absolute Gasteiger partial charge is 0.247 e. The fourth-order valence-electron chi connectivity index (χ4n) is 6.83. The van der Waals surface area contributed by atoms with Gasteiger partial charge < -0.3 is 29.6 Å². The van der Waals surface area contributed by atoms with Gasteiger partial charge in [0.25, 0.3) is 0 Å². The van der Waals surface area contributed by atoms with Gasteiger partial charge in [0.2, 0.25) is 24.1 Å². The van der Waals surface area contributed by atoms with Crippen molar-refractivity contribution < 1.29 is 32.7 Å². The van der Waals surface area contributed by atoms with Crippen molar-refractivity contribution in [1.29, 1.82) is 0 Å². The van der Waals surface area contributed by atoms with Crippen molar-refractivity contribution in [2.45, 2.75) is 90.0 Å². The molecule has 250 valence electrons. The molecule has 46 heavy (non-hydrogen) atoms. The van der Waals surface area contributed by atoms with Gasteiger partial charge in [-0.15, -0.1) is 0 Å². The number of furan rings is 1. The topological polar surface area (TPSA) is 124 Å². The third-order valence-corrected chi connectivity index (χ3v) is 9.74. The predicted molar refractivity (Wildman–Crippen MR) is 170 cm³/mol. The molecule has 2 aliphatic heterocycles. The number of benzene rings is 1. The Morgan fingerprint density at radius 1 is 1.09 bits per heavy atom. The standard InChI is InChI=1S/C34H46FN5O6/c1-4-30(42)37-31(34(44)39-15-13-38(3)14-16-39)22(2)24-11-12-27(26(35)17-24)36-33(43)32(23-9-7-5-6-8-10-23)40(21-41)28-19-46-29-20-45-18-25(28)29/h11-12,17,19,21-23,31-32H,4-10,13-16,18,20H2,1-3H3,(H,36,43)(H,37,42)/t22-,31+,32-/m0/s1. The number of anilines is 2. The summed E-state index contributed by atoms with van der Waals surface area (Å²) in [6.07, 6.45) is 7.91. The highest BCUT2D eigenvalue weighted by Gasteiger charge is 2.38. The maximum Gasteiger partial charge on any atom is 0.247 e. The molecule has 0 unspecified atom stereocenters. The number of likely N-dealkylation sites (N-methyl/N-ethyl adjacent to an activating group) is 1. The summed E-state index contributed by atoms with van der Waals surface area (Å²) in [5.41, 5.74) is 1.74. The number of ether oxygens (including phenoxy) is 1. The van der Waals surface area contributed by atoms with Crippen LogP contribution in [0.1, 0.15) is 81.6 Å². The number of rotatable bonds is 11. The molecule has 3 atom stereocenters. The van der Waals surface area contributed by atoms with Crippen LogP contribution in [0.4, 0.5) is 15.8 Å². The predicted octanol–water partition coefficient (Wildman–Crippen LogP) is 4.16. The zero-order valence-electron chi connectivity index (χ0n) is 27.1. The number of carbonyl (C=O) groups excluding carboxylic acids is 4.